The van der Waals surface area contributed by atoms with Crippen LogP contribution in [0.3, 0.4) is 0 Å². The molecule has 1 aromatic carbocycles. The molecular weight excluding hydrogens is 332 g/mol. The molecule has 0 atom stereocenters. The minimum atomic E-state index is -0.199. The third-order valence-corrected chi connectivity index (χ3v) is 4.78. The minimum absolute atomic E-state index is 0.0272. The van der Waals surface area contributed by atoms with Crippen LogP contribution in [0.1, 0.15) is 19.7 Å². The summed E-state index contributed by atoms with van der Waals surface area (Å²) >= 11 is 0. The van der Waals surface area contributed by atoms with Crippen molar-refractivity contribution in [1.29, 1.82) is 0 Å². The van der Waals surface area contributed by atoms with E-state index in [-0.39, 0.29) is 29.8 Å². The molecule has 1 aromatic heterocycles. The lowest BCUT2D eigenvalue weighted by Gasteiger charge is -2.35. The van der Waals surface area contributed by atoms with Gasteiger partial charge in [-0.2, -0.15) is 0 Å². The van der Waals surface area contributed by atoms with Crippen LogP contribution in [0.25, 0.3) is 10.9 Å². The van der Waals surface area contributed by atoms with E-state index in [1.165, 1.54) is 4.57 Å². The van der Waals surface area contributed by atoms with Gasteiger partial charge < -0.3 is 9.80 Å². The highest BCUT2D eigenvalue weighted by Gasteiger charge is 2.26. The van der Waals surface area contributed by atoms with Crippen LogP contribution in [0.2, 0.25) is 0 Å². The zero-order valence-corrected chi connectivity index (χ0v) is 15.4. The van der Waals surface area contributed by atoms with Crippen LogP contribution in [0, 0.1) is 12.8 Å². The Hall–Kier alpha value is -2.70. The van der Waals surface area contributed by atoms with Crippen molar-refractivity contribution in [3.63, 3.8) is 0 Å². The number of carbonyl (C=O) groups is 2. The number of aromatic nitrogens is 2. The Morgan fingerprint density at radius 3 is 2.35 bits per heavy atom. The maximum absolute atomic E-state index is 12.7. The fraction of sp³-hybridized carbons (Fsp3) is 0.474. The molecule has 2 aromatic rings. The Morgan fingerprint density at radius 2 is 1.69 bits per heavy atom. The Morgan fingerprint density at radius 1 is 1.08 bits per heavy atom. The van der Waals surface area contributed by atoms with Gasteiger partial charge in [0, 0.05) is 32.1 Å². The number of amides is 2. The predicted octanol–water partition coefficient (Wildman–Crippen LogP) is 1.03. The molecule has 0 radical (unpaired) electrons. The van der Waals surface area contributed by atoms with Crippen LogP contribution >= 0.6 is 0 Å². The number of nitrogens with zero attached hydrogens (tertiary/aromatic N) is 4. The van der Waals surface area contributed by atoms with Crippen LogP contribution in [0.5, 0.6) is 0 Å². The Bertz CT molecular complexity index is 895. The number of aryl methyl sites for hydroxylation is 1. The molecule has 0 aliphatic carbocycles. The van der Waals surface area contributed by atoms with E-state index >= 15 is 0 Å². The Balaban J connectivity index is 1.72. The van der Waals surface area contributed by atoms with Gasteiger partial charge in [-0.25, -0.2) is 4.98 Å². The lowest BCUT2D eigenvalue weighted by Crippen LogP contribution is -2.52. The maximum atomic E-state index is 12.7. The molecule has 1 aliphatic rings. The van der Waals surface area contributed by atoms with E-state index < -0.39 is 0 Å². The zero-order valence-electron chi connectivity index (χ0n) is 15.4. The molecule has 2 heterocycles. The van der Waals surface area contributed by atoms with Gasteiger partial charge in [0.25, 0.3) is 5.56 Å². The van der Waals surface area contributed by atoms with Gasteiger partial charge in [-0.1, -0.05) is 26.0 Å². The lowest BCUT2D eigenvalue weighted by atomic mass is 10.1. The first-order valence-electron chi connectivity index (χ1n) is 8.91. The van der Waals surface area contributed by atoms with Crippen molar-refractivity contribution in [1.82, 2.24) is 19.4 Å². The van der Waals surface area contributed by atoms with Crippen LogP contribution in [0.15, 0.2) is 29.1 Å². The summed E-state index contributed by atoms with van der Waals surface area (Å²) in [6.45, 7) is 7.52. The molecule has 1 aliphatic heterocycles. The second kappa shape index (κ2) is 7.27. The van der Waals surface area contributed by atoms with Crippen molar-refractivity contribution in [3.8, 4) is 0 Å². The van der Waals surface area contributed by atoms with Crippen molar-refractivity contribution in [2.24, 2.45) is 5.92 Å². The van der Waals surface area contributed by atoms with E-state index in [0.717, 1.165) is 0 Å². The molecule has 2 amide bonds. The van der Waals surface area contributed by atoms with Gasteiger partial charge in [-0.05, 0) is 19.1 Å². The quantitative estimate of drug-likeness (QED) is 0.823. The van der Waals surface area contributed by atoms with Crippen molar-refractivity contribution in [2.45, 2.75) is 27.3 Å². The van der Waals surface area contributed by atoms with E-state index in [0.29, 0.717) is 42.9 Å². The average Bonchev–Trinajstić information content (AvgIpc) is 2.64. The minimum Gasteiger partial charge on any atom is -0.339 e. The standard InChI is InChI=1S/C19H24N4O3/c1-13(2)18(25)22-10-8-21(9-11-22)17(24)12-23-14(3)20-16-7-5-4-6-15(16)19(23)26/h4-7,13H,8-12H2,1-3H3. The van der Waals surface area contributed by atoms with Crippen molar-refractivity contribution >= 4 is 22.7 Å². The average molecular weight is 356 g/mol. The van der Waals surface area contributed by atoms with E-state index in [1.54, 1.807) is 34.9 Å². The summed E-state index contributed by atoms with van der Waals surface area (Å²) in [5, 5.41) is 0.512. The van der Waals surface area contributed by atoms with Crippen molar-refractivity contribution in [2.75, 3.05) is 26.2 Å². The number of fused-ring (bicyclic) bond motifs is 1. The molecule has 0 unspecified atom stereocenters. The van der Waals surface area contributed by atoms with Crippen LogP contribution in [0.4, 0.5) is 0 Å². The molecule has 0 bridgehead atoms. The number of para-hydroxylation sites is 1. The highest BCUT2D eigenvalue weighted by molar-refractivity contribution is 5.80. The number of hydrogen-bond donors (Lipinski definition) is 0. The van der Waals surface area contributed by atoms with E-state index in [1.807, 2.05) is 19.9 Å². The molecule has 0 saturated carbocycles. The topological polar surface area (TPSA) is 75.5 Å². The number of benzene rings is 1. The fourth-order valence-corrected chi connectivity index (χ4v) is 3.24. The predicted molar refractivity (Wildman–Crippen MR) is 98.7 cm³/mol. The summed E-state index contributed by atoms with van der Waals surface area (Å²) in [5.41, 5.74) is 0.439. The summed E-state index contributed by atoms with van der Waals surface area (Å²) in [4.78, 5) is 45.3. The molecule has 7 nitrogen and oxygen atoms in total. The van der Waals surface area contributed by atoms with Gasteiger partial charge in [-0.15, -0.1) is 0 Å². The largest absolute Gasteiger partial charge is 0.339 e. The van der Waals surface area contributed by atoms with Gasteiger partial charge in [0.05, 0.1) is 10.9 Å². The second-order valence-corrected chi connectivity index (χ2v) is 6.93. The summed E-state index contributed by atoms with van der Waals surface area (Å²) in [7, 11) is 0. The Labute approximate surface area is 152 Å². The highest BCUT2D eigenvalue weighted by Crippen LogP contribution is 2.10. The van der Waals surface area contributed by atoms with Gasteiger partial charge in [-0.3, -0.25) is 19.0 Å². The third-order valence-electron chi connectivity index (χ3n) is 4.78. The maximum Gasteiger partial charge on any atom is 0.261 e. The van der Waals surface area contributed by atoms with Gasteiger partial charge in [0.1, 0.15) is 12.4 Å². The van der Waals surface area contributed by atoms with Crippen molar-refractivity contribution in [3.05, 3.63) is 40.4 Å². The molecule has 1 fully saturated rings. The molecule has 3 rings (SSSR count). The van der Waals surface area contributed by atoms with E-state index in [2.05, 4.69) is 4.98 Å². The smallest absolute Gasteiger partial charge is 0.261 e. The summed E-state index contributed by atoms with van der Waals surface area (Å²) in [5.74, 6) is 0.477. The van der Waals surface area contributed by atoms with Gasteiger partial charge in [0.15, 0.2) is 0 Å². The molecular formula is C19H24N4O3. The van der Waals surface area contributed by atoms with Crippen molar-refractivity contribution < 1.29 is 9.59 Å². The molecule has 1 saturated heterocycles. The normalized spacial score (nSPS) is 14.9. The van der Waals surface area contributed by atoms with Gasteiger partial charge in [0.2, 0.25) is 11.8 Å². The van der Waals surface area contributed by atoms with E-state index in [9.17, 15) is 14.4 Å². The zero-order chi connectivity index (χ0) is 18.8. The number of rotatable bonds is 3. The summed E-state index contributed by atoms with van der Waals surface area (Å²) in [6.07, 6.45) is 0. The molecule has 7 heteroatoms. The first kappa shape index (κ1) is 18.1. The summed E-state index contributed by atoms with van der Waals surface area (Å²) < 4.78 is 1.43. The fourth-order valence-electron chi connectivity index (χ4n) is 3.24. The molecule has 0 spiro atoms. The van der Waals surface area contributed by atoms with Crippen LogP contribution in [-0.2, 0) is 16.1 Å². The van der Waals surface area contributed by atoms with E-state index in [4.69, 9.17) is 0 Å². The van der Waals surface area contributed by atoms with Crippen LogP contribution in [-0.4, -0.2) is 57.3 Å². The van der Waals surface area contributed by atoms with Gasteiger partial charge >= 0.3 is 0 Å². The lowest BCUT2D eigenvalue weighted by molar-refractivity contribution is -0.141. The SMILES string of the molecule is Cc1nc2ccccc2c(=O)n1CC(=O)N1CCN(C(=O)C(C)C)CC1. The number of piperazine rings is 1. The molecule has 0 N–H and O–H groups in total. The molecule has 138 valence electrons. The number of hydrogen-bond acceptors (Lipinski definition) is 4. The second-order valence-electron chi connectivity index (χ2n) is 6.93. The molecule has 26 heavy (non-hydrogen) atoms. The Kier molecular flexibility index (Phi) is 5.06. The monoisotopic (exact) mass is 356 g/mol. The summed E-state index contributed by atoms with van der Waals surface area (Å²) in [6, 6.07) is 7.14. The first-order valence-corrected chi connectivity index (χ1v) is 8.91. The highest BCUT2D eigenvalue weighted by atomic mass is 16.2. The number of carbonyl (C=O) groups excluding carboxylic acids is 2. The first-order chi connectivity index (χ1) is 12.4. The van der Waals surface area contributed by atoms with Crippen LogP contribution < -0.4 is 5.56 Å². The third kappa shape index (κ3) is 3.47.